The number of aromatic nitrogens is 1. The molecule has 1 aromatic heterocycles. The number of benzene rings is 1. The monoisotopic (exact) mass is 566 g/mol. The Labute approximate surface area is 243 Å². The van der Waals surface area contributed by atoms with Gasteiger partial charge in [0.05, 0.1) is 13.2 Å². The fourth-order valence-corrected chi connectivity index (χ4v) is 6.76. The van der Waals surface area contributed by atoms with Crippen molar-refractivity contribution in [3.05, 3.63) is 56.0 Å². The number of rotatable bonds is 9. The largest absolute Gasteiger partial charge is 0.490 e. The van der Waals surface area contributed by atoms with Gasteiger partial charge in [-0.1, -0.05) is 0 Å². The summed E-state index contributed by atoms with van der Waals surface area (Å²) in [6, 6.07) is 4.71. The standard InChI is InChI=1S/C32H46N4O5/c1-6-36(23-7-11-39-12-8-23)30-22(4)27(31(37)33-5)19-29(28(30)18-26-20(2)15-21(3)34-32(26)38)41-25-16-24(17-25)35-9-13-40-14-10-35/h15,19,23-25H,6-14,16-18H2,1-5H3,(H,33,37)(H,34,38)/t24-,25-. The lowest BCUT2D eigenvalue weighted by Crippen LogP contribution is -2.52. The van der Waals surface area contributed by atoms with Crippen molar-refractivity contribution in [2.24, 2.45) is 0 Å². The Balaban J connectivity index is 1.58. The number of ether oxygens (including phenoxy) is 3. The first kappa shape index (κ1) is 29.6. The average molecular weight is 567 g/mol. The lowest BCUT2D eigenvalue weighted by Gasteiger charge is -2.44. The number of hydrogen-bond acceptors (Lipinski definition) is 7. The summed E-state index contributed by atoms with van der Waals surface area (Å²) in [5.74, 6) is 0.576. The van der Waals surface area contributed by atoms with E-state index in [2.05, 4.69) is 27.0 Å². The maximum Gasteiger partial charge on any atom is 0.251 e. The lowest BCUT2D eigenvalue weighted by molar-refractivity contribution is -0.0375. The Morgan fingerprint density at radius 2 is 1.76 bits per heavy atom. The summed E-state index contributed by atoms with van der Waals surface area (Å²) in [6.07, 6.45) is 4.21. The van der Waals surface area contributed by atoms with Crippen LogP contribution in [-0.4, -0.2) is 87.1 Å². The van der Waals surface area contributed by atoms with Gasteiger partial charge in [-0.05, 0) is 63.8 Å². The second-order valence-corrected chi connectivity index (χ2v) is 11.7. The fraction of sp³-hybridized carbons (Fsp3) is 0.625. The predicted molar refractivity (Wildman–Crippen MR) is 161 cm³/mol. The second-order valence-electron chi connectivity index (χ2n) is 11.7. The van der Waals surface area contributed by atoms with Crippen molar-refractivity contribution in [3.63, 3.8) is 0 Å². The summed E-state index contributed by atoms with van der Waals surface area (Å²) >= 11 is 0. The summed E-state index contributed by atoms with van der Waals surface area (Å²) < 4.78 is 18.0. The van der Waals surface area contributed by atoms with Gasteiger partial charge in [-0.15, -0.1) is 0 Å². The Kier molecular flexibility index (Phi) is 9.36. The van der Waals surface area contributed by atoms with Gasteiger partial charge < -0.3 is 29.4 Å². The van der Waals surface area contributed by atoms with Crippen molar-refractivity contribution in [3.8, 4) is 5.75 Å². The number of amides is 1. The van der Waals surface area contributed by atoms with E-state index in [1.165, 1.54) is 0 Å². The Morgan fingerprint density at radius 3 is 2.39 bits per heavy atom. The molecule has 3 fully saturated rings. The molecule has 3 heterocycles. The van der Waals surface area contributed by atoms with E-state index < -0.39 is 0 Å². The molecule has 1 amide bonds. The highest BCUT2D eigenvalue weighted by atomic mass is 16.5. The van der Waals surface area contributed by atoms with Crippen LogP contribution in [0, 0.1) is 20.8 Å². The third-order valence-electron chi connectivity index (χ3n) is 9.12. The first-order chi connectivity index (χ1) is 19.8. The van der Waals surface area contributed by atoms with E-state index in [1.807, 2.05) is 32.9 Å². The average Bonchev–Trinajstić information content (AvgIpc) is 2.95. The first-order valence-corrected chi connectivity index (χ1v) is 15.2. The van der Waals surface area contributed by atoms with E-state index in [-0.39, 0.29) is 23.6 Å². The van der Waals surface area contributed by atoms with Gasteiger partial charge in [0.1, 0.15) is 11.9 Å². The van der Waals surface area contributed by atoms with Gasteiger partial charge in [-0.25, -0.2) is 0 Å². The minimum atomic E-state index is -0.132. The molecule has 41 heavy (non-hydrogen) atoms. The lowest BCUT2D eigenvalue weighted by atomic mass is 9.87. The van der Waals surface area contributed by atoms with Gasteiger partial charge in [-0.3, -0.25) is 14.5 Å². The molecular formula is C32H46N4O5. The van der Waals surface area contributed by atoms with Gasteiger partial charge >= 0.3 is 0 Å². The number of nitrogens with zero attached hydrogens (tertiary/aromatic N) is 2. The molecule has 224 valence electrons. The number of aromatic amines is 1. The van der Waals surface area contributed by atoms with Crippen molar-refractivity contribution in [1.29, 1.82) is 0 Å². The van der Waals surface area contributed by atoms with Crippen LogP contribution in [-0.2, 0) is 15.9 Å². The zero-order valence-electron chi connectivity index (χ0n) is 25.3. The number of pyridine rings is 1. The van der Waals surface area contributed by atoms with Crippen LogP contribution in [0.15, 0.2) is 16.9 Å². The highest BCUT2D eigenvalue weighted by molar-refractivity contribution is 5.98. The van der Waals surface area contributed by atoms with Crippen molar-refractivity contribution in [2.75, 3.05) is 58.0 Å². The second kappa shape index (κ2) is 13.0. The normalized spacial score (nSPS) is 21.8. The van der Waals surface area contributed by atoms with Gasteiger partial charge in [0.15, 0.2) is 0 Å². The van der Waals surface area contributed by atoms with Crippen LogP contribution < -0.4 is 20.5 Å². The van der Waals surface area contributed by atoms with Crippen molar-refractivity contribution >= 4 is 11.6 Å². The molecule has 9 heteroatoms. The molecule has 1 aromatic carbocycles. The highest BCUT2D eigenvalue weighted by Gasteiger charge is 2.37. The molecule has 1 saturated carbocycles. The summed E-state index contributed by atoms with van der Waals surface area (Å²) in [6.45, 7) is 13.8. The van der Waals surface area contributed by atoms with Crippen LogP contribution in [0.25, 0.3) is 0 Å². The topological polar surface area (TPSA) is 96.1 Å². The van der Waals surface area contributed by atoms with E-state index in [0.717, 1.165) is 105 Å². The summed E-state index contributed by atoms with van der Waals surface area (Å²) in [4.78, 5) is 34.3. The van der Waals surface area contributed by atoms with Gasteiger partial charge in [0.25, 0.3) is 11.5 Å². The SMILES string of the molecule is CCN(c1c(C)c(C(=O)NC)cc(O[C@H]2C[C@H](N3CCOCC3)C2)c1Cc1c(C)cc(C)[nH]c1=O)C1CCOCC1. The number of H-pyrrole nitrogens is 1. The molecule has 0 atom stereocenters. The van der Waals surface area contributed by atoms with E-state index in [0.29, 0.717) is 23.8 Å². The summed E-state index contributed by atoms with van der Waals surface area (Å²) in [5, 5.41) is 2.83. The molecule has 5 rings (SSSR count). The summed E-state index contributed by atoms with van der Waals surface area (Å²) in [5.41, 5.74) is 6.00. The van der Waals surface area contributed by atoms with Crippen LogP contribution in [0.1, 0.15) is 70.9 Å². The maximum absolute atomic E-state index is 13.2. The van der Waals surface area contributed by atoms with E-state index in [9.17, 15) is 9.59 Å². The van der Waals surface area contributed by atoms with Crippen molar-refractivity contribution < 1.29 is 19.0 Å². The number of morpholine rings is 1. The minimum absolute atomic E-state index is 0.0604. The molecule has 2 aliphatic heterocycles. The smallest absolute Gasteiger partial charge is 0.251 e. The van der Waals surface area contributed by atoms with E-state index in [4.69, 9.17) is 14.2 Å². The molecule has 9 nitrogen and oxygen atoms in total. The first-order valence-electron chi connectivity index (χ1n) is 15.2. The number of carbonyl (C=O) groups excluding carboxylic acids is 1. The molecular weight excluding hydrogens is 520 g/mol. The van der Waals surface area contributed by atoms with Gasteiger partial charge in [-0.2, -0.15) is 0 Å². The molecule has 0 unspecified atom stereocenters. The van der Waals surface area contributed by atoms with Crippen molar-refractivity contribution in [1.82, 2.24) is 15.2 Å². The quantitative estimate of drug-likeness (QED) is 0.480. The molecule has 2 N–H and O–H groups in total. The fourth-order valence-electron chi connectivity index (χ4n) is 6.76. The third-order valence-corrected chi connectivity index (χ3v) is 9.12. The Hall–Kier alpha value is -2.88. The number of aryl methyl sites for hydroxylation is 2. The molecule has 1 aliphatic carbocycles. The molecule has 2 saturated heterocycles. The van der Waals surface area contributed by atoms with Crippen LogP contribution >= 0.6 is 0 Å². The predicted octanol–water partition coefficient (Wildman–Crippen LogP) is 3.50. The zero-order chi connectivity index (χ0) is 29.1. The van der Waals surface area contributed by atoms with E-state index in [1.54, 1.807) is 7.05 Å². The number of carbonyl (C=O) groups is 1. The molecule has 3 aliphatic rings. The van der Waals surface area contributed by atoms with Gasteiger partial charge in [0.2, 0.25) is 0 Å². The van der Waals surface area contributed by atoms with Crippen LogP contribution in [0.2, 0.25) is 0 Å². The molecule has 0 spiro atoms. The minimum Gasteiger partial charge on any atom is -0.490 e. The third kappa shape index (κ3) is 6.32. The number of anilines is 1. The maximum atomic E-state index is 13.2. The number of hydrogen-bond donors (Lipinski definition) is 2. The molecule has 0 radical (unpaired) electrons. The Morgan fingerprint density at radius 1 is 1.07 bits per heavy atom. The summed E-state index contributed by atoms with van der Waals surface area (Å²) in [7, 11) is 1.67. The van der Waals surface area contributed by atoms with Crippen LogP contribution in [0.5, 0.6) is 5.75 Å². The van der Waals surface area contributed by atoms with E-state index >= 15 is 0 Å². The zero-order valence-corrected chi connectivity index (χ0v) is 25.3. The van der Waals surface area contributed by atoms with Crippen LogP contribution in [0.3, 0.4) is 0 Å². The Bertz CT molecular complexity index is 1290. The molecule has 2 aromatic rings. The molecule has 0 bridgehead atoms. The van der Waals surface area contributed by atoms with Crippen LogP contribution in [0.4, 0.5) is 5.69 Å². The van der Waals surface area contributed by atoms with Crippen molar-refractivity contribution in [2.45, 2.75) is 78.0 Å². The number of nitrogens with one attached hydrogen (secondary N) is 2. The highest BCUT2D eigenvalue weighted by Crippen LogP contribution is 2.41. The van der Waals surface area contributed by atoms with Gasteiger partial charge in [0, 0.05) is 99.3 Å².